The molecule has 0 saturated carbocycles. The van der Waals surface area contributed by atoms with E-state index in [1.165, 1.54) is 11.3 Å². The first kappa shape index (κ1) is 9.37. The molecule has 0 aliphatic carbocycles. The molecular weight excluding hydrogens is 218 g/mol. The molecule has 0 fully saturated rings. The Morgan fingerprint density at radius 3 is 2.57 bits per heavy atom. The summed E-state index contributed by atoms with van der Waals surface area (Å²) in [6.07, 6.45) is 0.754. The first-order valence-corrected chi connectivity index (χ1v) is 5.22. The van der Waals surface area contributed by atoms with Gasteiger partial charge in [-0.05, 0) is 12.1 Å². The summed E-state index contributed by atoms with van der Waals surface area (Å²) in [4.78, 5) is 14.6. The van der Waals surface area contributed by atoms with Crippen molar-refractivity contribution < 1.29 is 4.79 Å². The van der Waals surface area contributed by atoms with E-state index in [2.05, 4.69) is 4.98 Å². The fourth-order valence-electron chi connectivity index (χ4n) is 1.09. The van der Waals surface area contributed by atoms with E-state index < -0.39 is 0 Å². The van der Waals surface area contributed by atoms with Crippen molar-refractivity contribution in [2.24, 2.45) is 0 Å². The smallest absolute Gasteiger partial charge is 0.178 e. The minimum Gasteiger partial charge on any atom is -0.295 e. The highest BCUT2D eigenvalue weighted by atomic mass is 35.5. The number of hydrogen-bond acceptors (Lipinski definition) is 3. The van der Waals surface area contributed by atoms with Crippen LogP contribution < -0.4 is 0 Å². The largest absolute Gasteiger partial charge is 0.295 e. The molecule has 14 heavy (non-hydrogen) atoms. The Bertz CT molecular complexity index is 449. The molecule has 2 rings (SSSR count). The number of benzene rings is 1. The van der Waals surface area contributed by atoms with E-state index >= 15 is 0 Å². The lowest BCUT2D eigenvalue weighted by molar-refractivity contribution is 0.112. The molecule has 0 atom stereocenters. The lowest BCUT2D eigenvalue weighted by atomic mass is 10.2. The Morgan fingerprint density at radius 2 is 2.00 bits per heavy atom. The molecule has 70 valence electrons. The number of aldehydes is 1. The van der Waals surface area contributed by atoms with Crippen LogP contribution in [0.4, 0.5) is 0 Å². The number of hydrogen-bond donors (Lipinski definition) is 0. The average molecular weight is 224 g/mol. The Kier molecular flexibility index (Phi) is 2.61. The molecule has 0 bridgehead atoms. The Labute approximate surface area is 90.2 Å². The van der Waals surface area contributed by atoms with Gasteiger partial charge in [0.05, 0.1) is 5.69 Å². The predicted molar refractivity (Wildman–Crippen MR) is 57.9 cm³/mol. The number of thiazole rings is 1. The number of aromatic nitrogens is 1. The van der Waals surface area contributed by atoms with Gasteiger partial charge in [-0.2, -0.15) is 0 Å². The Balaban J connectivity index is 2.39. The summed E-state index contributed by atoms with van der Waals surface area (Å²) in [5, 5.41) is 3.04. The number of nitrogens with zero attached hydrogens (tertiary/aromatic N) is 1. The van der Waals surface area contributed by atoms with Crippen molar-refractivity contribution in [2.75, 3.05) is 0 Å². The summed E-state index contributed by atoms with van der Waals surface area (Å²) in [5.41, 5.74) is 1.78. The standard InChI is InChI=1S/C10H6ClNOS/c11-8-3-1-7(2-4-8)9-6-14-10(5-13)12-9/h1-6H. The zero-order chi connectivity index (χ0) is 9.97. The van der Waals surface area contributed by atoms with Crippen LogP contribution in [0, 0.1) is 0 Å². The van der Waals surface area contributed by atoms with Gasteiger partial charge in [0.25, 0.3) is 0 Å². The van der Waals surface area contributed by atoms with Crippen LogP contribution in [0.3, 0.4) is 0 Å². The summed E-state index contributed by atoms with van der Waals surface area (Å²) in [6.45, 7) is 0. The van der Waals surface area contributed by atoms with Gasteiger partial charge in [0.2, 0.25) is 0 Å². The van der Waals surface area contributed by atoms with Crippen LogP contribution in [-0.2, 0) is 0 Å². The van der Waals surface area contributed by atoms with Gasteiger partial charge in [0, 0.05) is 16.0 Å². The van der Waals surface area contributed by atoms with Gasteiger partial charge >= 0.3 is 0 Å². The van der Waals surface area contributed by atoms with E-state index in [0.29, 0.717) is 10.0 Å². The van der Waals surface area contributed by atoms with Crippen LogP contribution in [0.1, 0.15) is 9.80 Å². The van der Waals surface area contributed by atoms with Gasteiger partial charge in [0.15, 0.2) is 11.3 Å². The molecule has 0 saturated heterocycles. The third-order valence-electron chi connectivity index (χ3n) is 1.76. The molecule has 4 heteroatoms. The normalized spacial score (nSPS) is 10.1. The molecule has 2 nitrogen and oxygen atoms in total. The first-order chi connectivity index (χ1) is 6.79. The van der Waals surface area contributed by atoms with Gasteiger partial charge in [-0.1, -0.05) is 23.7 Å². The molecule has 0 unspecified atom stereocenters. The van der Waals surface area contributed by atoms with Gasteiger partial charge in [0.1, 0.15) is 0 Å². The van der Waals surface area contributed by atoms with E-state index in [4.69, 9.17) is 11.6 Å². The van der Waals surface area contributed by atoms with Crippen LogP contribution in [0.25, 0.3) is 11.3 Å². The maximum Gasteiger partial charge on any atom is 0.178 e. The zero-order valence-corrected chi connectivity index (χ0v) is 8.68. The minimum absolute atomic E-state index is 0.495. The van der Waals surface area contributed by atoms with Gasteiger partial charge in [-0.15, -0.1) is 11.3 Å². The average Bonchev–Trinajstić information content (AvgIpc) is 2.67. The van der Waals surface area contributed by atoms with Crippen molar-refractivity contribution in [3.63, 3.8) is 0 Å². The number of halogens is 1. The number of rotatable bonds is 2. The molecule has 0 radical (unpaired) electrons. The van der Waals surface area contributed by atoms with Crippen molar-refractivity contribution in [2.45, 2.75) is 0 Å². The number of carbonyl (C=O) groups is 1. The van der Waals surface area contributed by atoms with Crippen molar-refractivity contribution in [1.82, 2.24) is 4.98 Å². The zero-order valence-electron chi connectivity index (χ0n) is 7.11. The van der Waals surface area contributed by atoms with E-state index in [1.807, 2.05) is 17.5 Å². The molecule has 0 aliphatic heterocycles. The van der Waals surface area contributed by atoms with Gasteiger partial charge in [-0.3, -0.25) is 4.79 Å². The quantitative estimate of drug-likeness (QED) is 0.732. The van der Waals surface area contributed by atoms with Crippen molar-refractivity contribution in [3.8, 4) is 11.3 Å². The van der Waals surface area contributed by atoms with Crippen LogP contribution in [0.2, 0.25) is 5.02 Å². The summed E-state index contributed by atoms with van der Waals surface area (Å²) >= 11 is 7.09. The van der Waals surface area contributed by atoms with Crippen LogP contribution >= 0.6 is 22.9 Å². The van der Waals surface area contributed by atoms with Crippen LogP contribution in [-0.4, -0.2) is 11.3 Å². The monoisotopic (exact) mass is 223 g/mol. The Morgan fingerprint density at radius 1 is 1.29 bits per heavy atom. The molecule has 0 amide bonds. The lowest BCUT2D eigenvalue weighted by Crippen LogP contribution is -1.79. The molecule has 2 aromatic rings. The summed E-state index contributed by atoms with van der Waals surface area (Å²) in [5.74, 6) is 0. The van der Waals surface area contributed by atoms with Crippen molar-refractivity contribution >= 4 is 29.2 Å². The van der Waals surface area contributed by atoms with E-state index in [-0.39, 0.29) is 0 Å². The molecule has 0 N–H and O–H groups in total. The van der Waals surface area contributed by atoms with Crippen molar-refractivity contribution in [1.29, 1.82) is 0 Å². The second-order valence-corrected chi connectivity index (χ2v) is 4.02. The first-order valence-electron chi connectivity index (χ1n) is 3.96. The third kappa shape index (κ3) is 1.84. The highest BCUT2D eigenvalue weighted by molar-refractivity contribution is 7.11. The van der Waals surface area contributed by atoms with E-state index in [1.54, 1.807) is 12.1 Å². The maximum atomic E-state index is 10.4. The molecular formula is C10H6ClNOS. The molecule has 1 heterocycles. The molecule has 0 spiro atoms. The predicted octanol–water partition coefficient (Wildman–Crippen LogP) is 3.28. The third-order valence-corrected chi connectivity index (χ3v) is 2.78. The fourth-order valence-corrected chi connectivity index (χ4v) is 1.85. The molecule has 0 aliphatic rings. The maximum absolute atomic E-state index is 10.4. The van der Waals surface area contributed by atoms with Crippen molar-refractivity contribution in [3.05, 3.63) is 39.7 Å². The molecule has 1 aromatic heterocycles. The highest BCUT2D eigenvalue weighted by Gasteiger charge is 2.02. The van der Waals surface area contributed by atoms with Crippen LogP contribution in [0.15, 0.2) is 29.6 Å². The lowest BCUT2D eigenvalue weighted by Gasteiger charge is -1.95. The van der Waals surface area contributed by atoms with Gasteiger partial charge in [-0.25, -0.2) is 4.98 Å². The summed E-state index contributed by atoms with van der Waals surface area (Å²) < 4.78 is 0. The van der Waals surface area contributed by atoms with Crippen LogP contribution in [0.5, 0.6) is 0 Å². The highest BCUT2D eigenvalue weighted by Crippen LogP contribution is 2.22. The Hall–Kier alpha value is -1.19. The van der Waals surface area contributed by atoms with E-state index in [9.17, 15) is 4.79 Å². The minimum atomic E-state index is 0.495. The SMILES string of the molecule is O=Cc1nc(-c2ccc(Cl)cc2)cs1. The topological polar surface area (TPSA) is 30.0 Å². The van der Waals surface area contributed by atoms with E-state index in [0.717, 1.165) is 17.5 Å². The number of carbonyl (C=O) groups excluding carboxylic acids is 1. The summed E-state index contributed by atoms with van der Waals surface area (Å²) in [6, 6.07) is 7.37. The second-order valence-electron chi connectivity index (χ2n) is 2.70. The second kappa shape index (κ2) is 3.90. The summed E-state index contributed by atoms with van der Waals surface area (Å²) in [7, 11) is 0. The fraction of sp³-hybridized carbons (Fsp3) is 0. The molecule has 1 aromatic carbocycles. The van der Waals surface area contributed by atoms with Gasteiger partial charge < -0.3 is 0 Å².